The highest BCUT2D eigenvalue weighted by Gasteiger charge is 2.45. The SMILES string of the molecule is CCC(C)C(C(=O)N(C)C1CCCCC1)N1C(=O)c2ccccc2C1=O. The lowest BCUT2D eigenvalue weighted by atomic mass is 9.91. The smallest absolute Gasteiger partial charge is 0.262 e. The Bertz CT molecular complexity index is 674. The molecule has 3 amide bonds. The summed E-state index contributed by atoms with van der Waals surface area (Å²) in [6.07, 6.45) is 6.19. The highest BCUT2D eigenvalue weighted by molar-refractivity contribution is 6.22. The number of nitrogens with zero attached hydrogens (tertiary/aromatic N) is 2. The Labute approximate surface area is 155 Å². The van der Waals surface area contributed by atoms with Crippen LogP contribution in [0.5, 0.6) is 0 Å². The molecule has 1 aromatic carbocycles. The Kier molecular flexibility index (Phi) is 5.44. The lowest BCUT2D eigenvalue weighted by Gasteiger charge is -2.37. The number of imide groups is 1. The van der Waals surface area contributed by atoms with E-state index in [1.807, 2.05) is 20.9 Å². The molecule has 1 heterocycles. The molecule has 5 heteroatoms. The molecule has 140 valence electrons. The minimum atomic E-state index is -0.737. The number of carbonyl (C=O) groups excluding carboxylic acids is 3. The van der Waals surface area contributed by atoms with Crippen molar-refractivity contribution in [2.24, 2.45) is 5.92 Å². The van der Waals surface area contributed by atoms with E-state index in [9.17, 15) is 14.4 Å². The molecule has 26 heavy (non-hydrogen) atoms. The van der Waals surface area contributed by atoms with Crippen molar-refractivity contribution in [1.82, 2.24) is 9.80 Å². The molecule has 1 aliphatic carbocycles. The van der Waals surface area contributed by atoms with E-state index >= 15 is 0 Å². The molecule has 0 spiro atoms. The summed E-state index contributed by atoms with van der Waals surface area (Å²) in [6, 6.07) is 6.30. The van der Waals surface area contributed by atoms with Crippen molar-refractivity contribution < 1.29 is 14.4 Å². The van der Waals surface area contributed by atoms with Gasteiger partial charge in [0, 0.05) is 13.1 Å². The van der Waals surface area contributed by atoms with E-state index in [1.165, 1.54) is 11.3 Å². The zero-order valence-electron chi connectivity index (χ0n) is 15.9. The molecule has 1 aliphatic heterocycles. The summed E-state index contributed by atoms with van der Waals surface area (Å²) in [5.41, 5.74) is 0.804. The average molecular weight is 356 g/mol. The van der Waals surface area contributed by atoms with E-state index in [2.05, 4.69) is 0 Å². The van der Waals surface area contributed by atoms with Crippen LogP contribution in [0, 0.1) is 5.92 Å². The second-order valence-electron chi connectivity index (χ2n) is 7.60. The molecular weight excluding hydrogens is 328 g/mol. The van der Waals surface area contributed by atoms with Gasteiger partial charge in [0.05, 0.1) is 11.1 Å². The molecule has 2 atom stereocenters. The predicted octanol–water partition coefficient (Wildman–Crippen LogP) is 3.49. The third kappa shape index (κ3) is 3.15. The summed E-state index contributed by atoms with van der Waals surface area (Å²) in [6.45, 7) is 3.94. The van der Waals surface area contributed by atoms with E-state index in [-0.39, 0.29) is 29.7 Å². The Balaban J connectivity index is 1.90. The number of hydrogen-bond acceptors (Lipinski definition) is 3. The molecule has 2 unspecified atom stereocenters. The van der Waals surface area contributed by atoms with Crippen LogP contribution in [0.4, 0.5) is 0 Å². The number of fused-ring (bicyclic) bond motifs is 1. The first-order valence-electron chi connectivity index (χ1n) is 9.71. The van der Waals surface area contributed by atoms with Crippen LogP contribution < -0.4 is 0 Å². The van der Waals surface area contributed by atoms with E-state index in [1.54, 1.807) is 29.2 Å². The first kappa shape index (κ1) is 18.6. The molecular formula is C21H28N2O3. The maximum absolute atomic E-state index is 13.4. The van der Waals surface area contributed by atoms with Crippen molar-refractivity contribution in [2.75, 3.05) is 7.05 Å². The zero-order chi connectivity index (χ0) is 18.8. The lowest BCUT2D eigenvalue weighted by Crippen LogP contribution is -2.55. The third-order valence-electron chi connectivity index (χ3n) is 6.01. The van der Waals surface area contributed by atoms with E-state index < -0.39 is 6.04 Å². The first-order valence-corrected chi connectivity index (χ1v) is 9.71. The summed E-state index contributed by atoms with van der Waals surface area (Å²) in [4.78, 5) is 42.2. The van der Waals surface area contributed by atoms with Crippen molar-refractivity contribution in [2.45, 2.75) is 64.5 Å². The second kappa shape index (κ2) is 7.60. The van der Waals surface area contributed by atoms with Gasteiger partial charge in [-0.15, -0.1) is 0 Å². The van der Waals surface area contributed by atoms with Gasteiger partial charge in [0.25, 0.3) is 11.8 Å². The van der Waals surface area contributed by atoms with Gasteiger partial charge >= 0.3 is 0 Å². The van der Waals surface area contributed by atoms with Gasteiger partial charge in [-0.2, -0.15) is 0 Å². The topological polar surface area (TPSA) is 57.7 Å². The van der Waals surface area contributed by atoms with Crippen LogP contribution in [0.1, 0.15) is 73.1 Å². The van der Waals surface area contributed by atoms with E-state index in [0.29, 0.717) is 11.1 Å². The standard InChI is InChI=1S/C21H28N2O3/c1-4-14(2)18(21(26)22(3)15-10-6-5-7-11-15)23-19(24)16-12-8-9-13-17(16)20(23)25/h8-9,12-15,18H,4-7,10-11H2,1-3H3. The molecule has 0 bridgehead atoms. The van der Waals surface area contributed by atoms with Gasteiger partial charge in [0.1, 0.15) is 6.04 Å². The predicted molar refractivity (Wildman–Crippen MR) is 99.8 cm³/mol. The van der Waals surface area contributed by atoms with Gasteiger partial charge in [0.15, 0.2) is 0 Å². The fourth-order valence-electron chi connectivity index (χ4n) is 4.15. The fourth-order valence-corrected chi connectivity index (χ4v) is 4.15. The average Bonchev–Trinajstić information content (AvgIpc) is 2.93. The van der Waals surface area contributed by atoms with Crippen molar-refractivity contribution in [3.05, 3.63) is 35.4 Å². The minimum Gasteiger partial charge on any atom is -0.341 e. The van der Waals surface area contributed by atoms with Gasteiger partial charge in [0.2, 0.25) is 5.91 Å². The van der Waals surface area contributed by atoms with E-state index in [0.717, 1.165) is 32.1 Å². The summed E-state index contributed by atoms with van der Waals surface area (Å²) in [5.74, 6) is -0.890. The normalized spacial score (nSPS) is 20.0. The monoisotopic (exact) mass is 356 g/mol. The van der Waals surface area contributed by atoms with Crippen LogP contribution in [0.3, 0.4) is 0 Å². The molecule has 3 rings (SSSR count). The number of hydrogen-bond donors (Lipinski definition) is 0. The molecule has 1 saturated carbocycles. The molecule has 1 aromatic rings. The summed E-state index contributed by atoms with van der Waals surface area (Å²) < 4.78 is 0. The van der Waals surface area contributed by atoms with Crippen LogP contribution >= 0.6 is 0 Å². The number of likely N-dealkylation sites (N-methyl/N-ethyl adjacent to an activating group) is 1. The molecule has 0 radical (unpaired) electrons. The van der Waals surface area contributed by atoms with Crippen molar-refractivity contribution in [3.63, 3.8) is 0 Å². The van der Waals surface area contributed by atoms with E-state index in [4.69, 9.17) is 0 Å². The van der Waals surface area contributed by atoms with Gasteiger partial charge in [-0.3, -0.25) is 19.3 Å². The van der Waals surface area contributed by atoms with Crippen LogP contribution in [-0.4, -0.2) is 46.7 Å². The van der Waals surface area contributed by atoms with Gasteiger partial charge in [-0.1, -0.05) is 51.7 Å². The number of rotatable bonds is 5. The second-order valence-corrected chi connectivity index (χ2v) is 7.60. The quantitative estimate of drug-likeness (QED) is 0.759. The first-order chi connectivity index (χ1) is 12.5. The van der Waals surface area contributed by atoms with Gasteiger partial charge in [-0.05, 0) is 30.9 Å². The van der Waals surface area contributed by atoms with Crippen molar-refractivity contribution in [1.29, 1.82) is 0 Å². The number of carbonyl (C=O) groups is 3. The van der Waals surface area contributed by atoms with Crippen LogP contribution in [-0.2, 0) is 4.79 Å². The molecule has 0 saturated heterocycles. The Morgan fingerprint density at radius 2 is 1.65 bits per heavy atom. The largest absolute Gasteiger partial charge is 0.341 e. The van der Waals surface area contributed by atoms with Gasteiger partial charge < -0.3 is 4.90 Å². The number of amides is 3. The van der Waals surface area contributed by atoms with Crippen LogP contribution in [0.2, 0.25) is 0 Å². The zero-order valence-corrected chi connectivity index (χ0v) is 15.9. The highest BCUT2D eigenvalue weighted by Crippen LogP contribution is 2.30. The molecule has 1 fully saturated rings. The van der Waals surface area contributed by atoms with Crippen molar-refractivity contribution in [3.8, 4) is 0 Å². The van der Waals surface area contributed by atoms with Crippen molar-refractivity contribution >= 4 is 17.7 Å². The minimum absolute atomic E-state index is 0.0873. The fraction of sp³-hybridized carbons (Fsp3) is 0.571. The summed E-state index contributed by atoms with van der Waals surface area (Å²) >= 11 is 0. The Morgan fingerprint density at radius 3 is 2.15 bits per heavy atom. The van der Waals surface area contributed by atoms with Gasteiger partial charge in [-0.25, -0.2) is 0 Å². The summed E-state index contributed by atoms with van der Waals surface area (Å²) in [7, 11) is 1.83. The van der Waals surface area contributed by atoms with Crippen LogP contribution in [0.25, 0.3) is 0 Å². The number of benzene rings is 1. The Hall–Kier alpha value is -2.17. The maximum atomic E-state index is 13.4. The Morgan fingerprint density at radius 1 is 1.12 bits per heavy atom. The highest BCUT2D eigenvalue weighted by atomic mass is 16.2. The maximum Gasteiger partial charge on any atom is 0.262 e. The molecule has 2 aliphatic rings. The summed E-state index contributed by atoms with van der Waals surface area (Å²) in [5, 5.41) is 0. The molecule has 0 aromatic heterocycles. The molecule has 5 nitrogen and oxygen atoms in total. The van der Waals surface area contributed by atoms with Crippen LogP contribution in [0.15, 0.2) is 24.3 Å². The third-order valence-corrected chi connectivity index (χ3v) is 6.01. The molecule has 0 N–H and O–H groups in total. The lowest BCUT2D eigenvalue weighted by molar-refractivity contribution is -0.138.